The molecule has 0 unspecified atom stereocenters. The summed E-state index contributed by atoms with van der Waals surface area (Å²) in [6, 6.07) is 30.9. The molecule has 4 heteroatoms. The molecule has 27 heavy (non-hydrogen) atoms. The summed E-state index contributed by atoms with van der Waals surface area (Å²) in [5, 5.41) is 1.69. The van der Waals surface area contributed by atoms with Crippen LogP contribution in [-0.4, -0.2) is 13.0 Å². The van der Waals surface area contributed by atoms with Crippen molar-refractivity contribution >= 4 is 20.9 Å². The Morgan fingerprint density at radius 3 is 1.63 bits per heavy atom. The molecular formula is C23H18O3S. The number of hydrogen-bond donors (Lipinski definition) is 1. The predicted octanol–water partition coefficient (Wildman–Crippen LogP) is 5.02. The first-order valence-corrected chi connectivity index (χ1v) is 10.1. The summed E-state index contributed by atoms with van der Waals surface area (Å²) in [4.78, 5) is 0. The first kappa shape index (κ1) is 17.5. The fourth-order valence-corrected chi connectivity index (χ4v) is 5.12. The number of hydrogen-bond acceptors (Lipinski definition) is 2. The summed E-state index contributed by atoms with van der Waals surface area (Å²) in [5.41, 5.74) is 1.52. The predicted molar refractivity (Wildman–Crippen MR) is 108 cm³/mol. The van der Waals surface area contributed by atoms with Gasteiger partial charge in [-0.15, -0.1) is 0 Å². The number of rotatable bonds is 4. The molecule has 4 aromatic rings. The monoisotopic (exact) mass is 374 g/mol. The molecule has 0 bridgehead atoms. The molecule has 0 amide bonds. The van der Waals surface area contributed by atoms with Crippen molar-refractivity contribution in [2.75, 3.05) is 0 Å². The Labute approximate surface area is 158 Å². The highest BCUT2D eigenvalue weighted by Gasteiger charge is 2.48. The van der Waals surface area contributed by atoms with Crippen LogP contribution in [0.1, 0.15) is 16.7 Å². The van der Waals surface area contributed by atoms with E-state index in [1.807, 2.05) is 48.5 Å². The Bertz CT molecular complexity index is 1140. The van der Waals surface area contributed by atoms with E-state index < -0.39 is 14.9 Å². The van der Waals surface area contributed by atoms with Gasteiger partial charge in [-0.2, -0.15) is 8.42 Å². The second-order valence-corrected chi connectivity index (χ2v) is 7.98. The topological polar surface area (TPSA) is 54.4 Å². The van der Waals surface area contributed by atoms with E-state index in [4.69, 9.17) is 0 Å². The van der Waals surface area contributed by atoms with Gasteiger partial charge in [0.1, 0.15) is 0 Å². The highest BCUT2D eigenvalue weighted by Crippen LogP contribution is 2.45. The smallest absolute Gasteiger partial charge is 0.283 e. The van der Waals surface area contributed by atoms with E-state index in [9.17, 15) is 13.0 Å². The quantitative estimate of drug-likeness (QED) is 0.403. The third-order valence-corrected chi connectivity index (χ3v) is 6.38. The molecule has 0 fully saturated rings. The van der Waals surface area contributed by atoms with Gasteiger partial charge in [0.25, 0.3) is 10.1 Å². The second kappa shape index (κ2) is 6.65. The average Bonchev–Trinajstić information content (AvgIpc) is 2.69. The van der Waals surface area contributed by atoms with E-state index in [1.54, 1.807) is 54.6 Å². The molecule has 0 aliphatic rings. The van der Waals surface area contributed by atoms with Gasteiger partial charge in [0.15, 0.2) is 4.75 Å². The minimum absolute atomic E-state index is 0.495. The summed E-state index contributed by atoms with van der Waals surface area (Å²) < 4.78 is 35.0. The SMILES string of the molecule is O=S(=O)(O)C(c1ccccc1)(c1ccccc1)c1cccc2ccccc12. The summed E-state index contributed by atoms with van der Waals surface area (Å²) in [6.07, 6.45) is 0. The summed E-state index contributed by atoms with van der Waals surface area (Å²) in [7, 11) is -4.58. The van der Waals surface area contributed by atoms with Crippen molar-refractivity contribution in [1.29, 1.82) is 0 Å². The average molecular weight is 374 g/mol. The molecule has 4 aromatic carbocycles. The number of benzene rings is 4. The van der Waals surface area contributed by atoms with Crippen LogP contribution >= 0.6 is 0 Å². The Balaban J connectivity index is 2.24. The first-order valence-electron chi connectivity index (χ1n) is 8.61. The van der Waals surface area contributed by atoms with Gasteiger partial charge in [0, 0.05) is 0 Å². The molecule has 0 spiro atoms. The van der Waals surface area contributed by atoms with Gasteiger partial charge in [-0.05, 0) is 27.5 Å². The molecule has 0 atom stereocenters. The van der Waals surface area contributed by atoms with Gasteiger partial charge < -0.3 is 0 Å². The Kier molecular flexibility index (Phi) is 4.30. The molecule has 0 aliphatic heterocycles. The standard InChI is InChI=1S/C23H18O3S/c24-27(25,26)23(19-12-3-1-4-13-19,20-14-5-2-6-15-20)22-17-9-11-18-10-7-8-16-21(18)22/h1-17H,(H,24,25,26). The maximum atomic E-state index is 13.1. The number of fused-ring (bicyclic) bond motifs is 1. The highest BCUT2D eigenvalue weighted by molar-refractivity contribution is 7.87. The van der Waals surface area contributed by atoms with Crippen molar-refractivity contribution in [3.63, 3.8) is 0 Å². The van der Waals surface area contributed by atoms with Gasteiger partial charge in [-0.1, -0.05) is 103 Å². The van der Waals surface area contributed by atoms with E-state index >= 15 is 0 Å². The molecule has 0 aromatic heterocycles. The fourth-order valence-electron chi connectivity index (χ4n) is 3.79. The van der Waals surface area contributed by atoms with Crippen LogP contribution in [0.2, 0.25) is 0 Å². The lowest BCUT2D eigenvalue weighted by Gasteiger charge is -2.33. The van der Waals surface area contributed by atoms with Crippen LogP contribution in [-0.2, 0) is 14.9 Å². The van der Waals surface area contributed by atoms with E-state index in [0.29, 0.717) is 16.7 Å². The Hall–Kier alpha value is -2.95. The van der Waals surface area contributed by atoms with Crippen LogP contribution in [0, 0.1) is 0 Å². The van der Waals surface area contributed by atoms with Crippen LogP contribution < -0.4 is 0 Å². The zero-order valence-corrected chi connectivity index (χ0v) is 15.3. The van der Waals surface area contributed by atoms with Gasteiger partial charge >= 0.3 is 0 Å². The normalized spacial score (nSPS) is 12.2. The Morgan fingerprint density at radius 1 is 0.593 bits per heavy atom. The minimum atomic E-state index is -4.58. The second-order valence-electron chi connectivity index (χ2n) is 6.42. The van der Waals surface area contributed by atoms with Crippen molar-refractivity contribution in [2.45, 2.75) is 4.75 Å². The van der Waals surface area contributed by atoms with Gasteiger partial charge in [-0.25, -0.2) is 0 Å². The molecule has 0 heterocycles. The maximum Gasteiger partial charge on any atom is 0.283 e. The third kappa shape index (κ3) is 2.74. The van der Waals surface area contributed by atoms with Crippen LogP contribution in [0.3, 0.4) is 0 Å². The van der Waals surface area contributed by atoms with Crippen molar-refractivity contribution in [1.82, 2.24) is 0 Å². The van der Waals surface area contributed by atoms with Crippen molar-refractivity contribution in [3.05, 3.63) is 120 Å². The maximum absolute atomic E-state index is 13.1. The van der Waals surface area contributed by atoms with E-state index in [2.05, 4.69) is 0 Å². The van der Waals surface area contributed by atoms with Crippen LogP contribution in [0.5, 0.6) is 0 Å². The van der Waals surface area contributed by atoms with Gasteiger partial charge in [0.2, 0.25) is 0 Å². The zero-order valence-electron chi connectivity index (χ0n) is 14.5. The highest BCUT2D eigenvalue weighted by atomic mass is 32.2. The molecular weight excluding hydrogens is 356 g/mol. The fraction of sp³-hybridized carbons (Fsp3) is 0.0435. The van der Waals surface area contributed by atoms with Crippen LogP contribution in [0.25, 0.3) is 10.8 Å². The molecule has 134 valence electrons. The molecule has 4 rings (SSSR count). The summed E-state index contributed by atoms with van der Waals surface area (Å²) in [6.45, 7) is 0. The van der Waals surface area contributed by atoms with Crippen molar-refractivity contribution < 1.29 is 13.0 Å². The van der Waals surface area contributed by atoms with E-state index in [1.165, 1.54) is 0 Å². The lowest BCUT2D eigenvalue weighted by molar-refractivity contribution is 0.459. The lowest BCUT2D eigenvalue weighted by atomic mass is 9.82. The molecule has 1 N–H and O–H groups in total. The minimum Gasteiger partial charge on any atom is -0.284 e. The van der Waals surface area contributed by atoms with E-state index in [0.717, 1.165) is 10.8 Å². The molecule has 3 nitrogen and oxygen atoms in total. The Morgan fingerprint density at radius 2 is 1.07 bits per heavy atom. The largest absolute Gasteiger partial charge is 0.284 e. The van der Waals surface area contributed by atoms with E-state index in [-0.39, 0.29) is 0 Å². The zero-order chi connectivity index (χ0) is 18.9. The van der Waals surface area contributed by atoms with Crippen LogP contribution in [0.4, 0.5) is 0 Å². The summed E-state index contributed by atoms with van der Waals surface area (Å²) in [5.74, 6) is 0. The lowest BCUT2D eigenvalue weighted by Crippen LogP contribution is -2.38. The first-order chi connectivity index (χ1) is 13.0. The molecule has 0 saturated carbocycles. The molecule has 0 saturated heterocycles. The van der Waals surface area contributed by atoms with Gasteiger partial charge in [-0.3, -0.25) is 4.55 Å². The molecule has 0 radical (unpaired) electrons. The molecule has 0 aliphatic carbocycles. The van der Waals surface area contributed by atoms with Crippen molar-refractivity contribution in [2.24, 2.45) is 0 Å². The van der Waals surface area contributed by atoms with Gasteiger partial charge in [0.05, 0.1) is 0 Å². The third-order valence-electron chi connectivity index (χ3n) is 4.92. The van der Waals surface area contributed by atoms with Crippen LogP contribution in [0.15, 0.2) is 103 Å². The summed E-state index contributed by atoms with van der Waals surface area (Å²) >= 11 is 0. The van der Waals surface area contributed by atoms with Crippen molar-refractivity contribution in [3.8, 4) is 0 Å².